The second kappa shape index (κ2) is 8.59. The van der Waals surface area contributed by atoms with Gasteiger partial charge in [-0.2, -0.15) is 0 Å². The second-order valence-electron chi connectivity index (χ2n) is 8.55. The highest BCUT2D eigenvalue weighted by Gasteiger charge is 2.29. The Morgan fingerprint density at radius 1 is 1.07 bits per heavy atom. The van der Waals surface area contributed by atoms with Crippen molar-refractivity contribution >= 4 is 16.9 Å². The summed E-state index contributed by atoms with van der Waals surface area (Å²) in [5, 5.41) is 11.4. The van der Waals surface area contributed by atoms with Gasteiger partial charge in [-0.3, -0.25) is 9.78 Å². The Morgan fingerprint density at radius 2 is 1.80 bits per heavy atom. The standard InChI is InChI=1S/C27H31NO2/c1-4-8-21(27(29)30)26-22(5-2)28-23-16-15-18-9-6-7-10-20(18)25(23)24(26)19-13-11-17(3)12-14-19/h11-16,21H,4-10H2,1-3H3,(H,29,30). The first-order chi connectivity index (χ1) is 14.5. The van der Waals surface area contributed by atoms with E-state index < -0.39 is 11.9 Å². The molecule has 3 heteroatoms. The number of aliphatic carboxylic acids is 1. The van der Waals surface area contributed by atoms with E-state index in [0.29, 0.717) is 6.42 Å². The van der Waals surface area contributed by atoms with Gasteiger partial charge in [0.15, 0.2) is 0 Å². The van der Waals surface area contributed by atoms with Crippen molar-refractivity contribution in [2.24, 2.45) is 0 Å². The minimum absolute atomic E-state index is 0.530. The number of carboxylic acids is 1. The topological polar surface area (TPSA) is 50.2 Å². The van der Waals surface area contributed by atoms with Crippen LogP contribution in [0.2, 0.25) is 0 Å². The summed E-state index contributed by atoms with van der Waals surface area (Å²) in [5.41, 5.74) is 9.08. The number of hydrogen-bond acceptors (Lipinski definition) is 2. The average molecular weight is 402 g/mol. The van der Waals surface area contributed by atoms with Gasteiger partial charge >= 0.3 is 5.97 Å². The Hall–Kier alpha value is -2.68. The van der Waals surface area contributed by atoms with E-state index in [4.69, 9.17) is 4.98 Å². The Kier molecular flexibility index (Phi) is 5.90. The van der Waals surface area contributed by atoms with E-state index in [2.05, 4.69) is 57.2 Å². The Balaban J connectivity index is 2.15. The van der Waals surface area contributed by atoms with E-state index in [1.807, 2.05) is 0 Å². The number of hydrogen-bond donors (Lipinski definition) is 1. The normalized spacial score (nSPS) is 14.5. The molecule has 3 nitrogen and oxygen atoms in total. The molecular formula is C27H31NO2. The number of nitrogens with zero attached hydrogens (tertiary/aromatic N) is 1. The lowest BCUT2D eigenvalue weighted by Gasteiger charge is -2.25. The molecule has 1 atom stereocenters. The van der Waals surface area contributed by atoms with Gasteiger partial charge in [-0.1, -0.05) is 56.2 Å². The maximum Gasteiger partial charge on any atom is 0.311 e. The number of carboxylic acid groups (broad SMARTS) is 1. The maximum atomic E-state index is 12.4. The van der Waals surface area contributed by atoms with Crippen LogP contribution in [0.1, 0.15) is 73.4 Å². The number of fused-ring (bicyclic) bond motifs is 3. The predicted octanol–water partition coefficient (Wildman–Crippen LogP) is 6.62. The van der Waals surface area contributed by atoms with Crippen LogP contribution >= 0.6 is 0 Å². The van der Waals surface area contributed by atoms with Crippen LogP contribution in [-0.2, 0) is 24.1 Å². The van der Waals surface area contributed by atoms with Crippen molar-refractivity contribution < 1.29 is 9.90 Å². The third kappa shape index (κ3) is 3.62. The highest BCUT2D eigenvalue weighted by molar-refractivity contribution is 6.01. The van der Waals surface area contributed by atoms with E-state index in [-0.39, 0.29) is 0 Å². The minimum atomic E-state index is -0.745. The highest BCUT2D eigenvalue weighted by Crippen LogP contribution is 2.42. The van der Waals surface area contributed by atoms with Crippen molar-refractivity contribution in [3.8, 4) is 11.1 Å². The van der Waals surface area contributed by atoms with E-state index in [0.717, 1.165) is 53.6 Å². The zero-order valence-electron chi connectivity index (χ0n) is 18.3. The molecule has 0 radical (unpaired) electrons. The summed E-state index contributed by atoms with van der Waals surface area (Å²) in [4.78, 5) is 17.4. The van der Waals surface area contributed by atoms with Crippen LogP contribution in [0.15, 0.2) is 36.4 Å². The van der Waals surface area contributed by atoms with Gasteiger partial charge < -0.3 is 5.11 Å². The van der Waals surface area contributed by atoms with Gasteiger partial charge in [0.25, 0.3) is 0 Å². The minimum Gasteiger partial charge on any atom is -0.481 e. The van der Waals surface area contributed by atoms with Crippen LogP contribution in [0.3, 0.4) is 0 Å². The second-order valence-corrected chi connectivity index (χ2v) is 8.55. The zero-order chi connectivity index (χ0) is 21.3. The van der Waals surface area contributed by atoms with Gasteiger partial charge in [0.1, 0.15) is 0 Å². The first-order valence-electron chi connectivity index (χ1n) is 11.3. The largest absolute Gasteiger partial charge is 0.481 e. The molecule has 4 rings (SSSR count). The summed E-state index contributed by atoms with van der Waals surface area (Å²) in [6.07, 6.45) is 6.74. The molecule has 2 aromatic carbocycles. The molecule has 0 amide bonds. The molecule has 1 N–H and O–H groups in total. The number of pyridine rings is 1. The monoisotopic (exact) mass is 401 g/mol. The summed E-state index contributed by atoms with van der Waals surface area (Å²) in [6.45, 7) is 6.23. The molecule has 1 unspecified atom stereocenters. The van der Waals surface area contributed by atoms with Gasteiger partial charge in [-0.15, -0.1) is 0 Å². The molecule has 156 valence electrons. The first kappa shape index (κ1) is 20.6. The molecule has 0 saturated carbocycles. The van der Waals surface area contributed by atoms with Crippen LogP contribution < -0.4 is 0 Å². The number of rotatable bonds is 6. The number of carbonyl (C=O) groups is 1. The fraction of sp³-hybridized carbons (Fsp3) is 0.407. The SMILES string of the molecule is CCCC(C(=O)O)c1c(CC)nc2ccc3c(c2c1-c1ccc(C)cc1)CCCC3. The lowest BCUT2D eigenvalue weighted by molar-refractivity contribution is -0.139. The molecule has 0 spiro atoms. The van der Waals surface area contributed by atoms with E-state index >= 15 is 0 Å². The van der Waals surface area contributed by atoms with Crippen molar-refractivity contribution in [3.63, 3.8) is 0 Å². The fourth-order valence-electron chi connectivity index (χ4n) is 5.02. The van der Waals surface area contributed by atoms with Gasteiger partial charge in [-0.25, -0.2) is 0 Å². The maximum absolute atomic E-state index is 12.4. The van der Waals surface area contributed by atoms with Gasteiger partial charge in [0.2, 0.25) is 0 Å². The van der Waals surface area contributed by atoms with Crippen molar-refractivity contribution in [3.05, 3.63) is 64.3 Å². The molecule has 0 aliphatic heterocycles. The van der Waals surface area contributed by atoms with E-state index in [1.54, 1.807) is 0 Å². The van der Waals surface area contributed by atoms with Crippen LogP contribution in [0.5, 0.6) is 0 Å². The molecule has 1 aliphatic rings. The lowest BCUT2D eigenvalue weighted by Crippen LogP contribution is -2.17. The average Bonchev–Trinajstić information content (AvgIpc) is 2.76. The van der Waals surface area contributed by atoms with Gasteiger partial charge in [0.05, 0.1) is 11.4 Å². The van der Waals surface area contributed by atoms with Crippen LogP contribution in [0.25, 0.3) is 22.0 Å². The third-order valence-corrected chi connectivity index (χ3v) is 6.50. The number of aryl methyl sites for hydroxylation is 4. The predicted molar refractivity (Wildman–Crippen MR) is 123 cm³/mol. The smallest absolute Gasteiger partial charge is 0.311 e. The van der Waals surface area contributed by atoms with Crippen LogP contribution in [-0.4, -0.2) is 16.1 Å². The molecule has 30 heavy (non-hydrogen) atoms. The Morgan fingerprint density at radius 3 is 2.47 bits per heavy atom. The van der Waals surface area contributed by atoms with Crippen molar-refractivity contribution in [1.29, 1.82) is 0 Å². The van der Waals surface area contributed by atoms with Crippen LogP contribution in [0, 0.1) is 6.92 Å². The fourth-order valence-corrected chi connectivity index (χ4v) is 5.02. The molecular weight excluding hydrogens is 370 g/mol. The summed E-state index contributed by atoms with van der Waals surface area (Å²) in [5.74, 6) is -1.27. The Bertz CT molecular complexity index is 1080. The summed E-state index contributed by atoms with van der Waals surface area (Å²) < 4.78 is 0. The summed E-state index contributed by atoms with van der Waals surface area (Å²) in [6, 6.07) is 12.9. The molecule has 3 aromatic rings. The quantitative estimate of drug-likeness (QED) is 0.505. The van der Waals surface area contributed by atoms with E-state index in [9.17, 15) is 9.90 Å². The molecule has 0 fully saturated rings. The lowest BCUT2D eigenvalue weighted by atomic mass is 9.80. The third-order valence-electron chi connectivity index (χ3n) is 6.50. The van der Waals surface area contributed by atoms with Crippen LogP contribution in [0.4, 0.5) is 0 Å². The molecule has 0 bridgehead atoms. The molecule has 0 saturated heterocycles. The Labute approximate surface area is 179 Å². The van der Waals surface area contributed by atoms with Crippen molar-refractivity contribution in [2.45, 2.75) is 71.6 Å². The number of benzene rings is 2. The van der Waals surface area contributed by atoms with E-state index in [1.165, 1.54) is 34.9 Å². The van der Waals surface area contributed by atoms with Crippen molar-refractivity contribution in [2.75, 3.05) is 0 Å². The zero-order valence-corrected chi connectivity index (χ0v) is 18.3. The highest BCUT2D eigenvalue weighted by atomic mass is 16.4. The summed E-state index contributed by atoms with van der Waals surface area (Å²) in [7, 11) is 0. The molecule has 1 aliphatic carbocycles. The van der Waals surface area contributed by atoms with Gasteiger partial charge in [0, 0.05) is 11.1 Å². The molecule has 1 heterocycles. The number of aromatic nitrogens is 1. The molecule has 1 aromatic heterocycles. The summed E-state index contributed by atoms with van der Waals surface area (Å²) >= 11 is 0. The van der Waals surface area contributed by atoms with Gasteiger partial charge in [-0.05, 0) is 79.3 Å². The first-order valence-corrected chi connectivity index (χ1v) is 11.3. The van der Waals surface area contributed by atoms with Crippen molar-refractivity contribution in [1.82, 2.24) is 4.98 Å².